The molecule has 0 aliphatic carbocycles. The average molecular weight is 305 g/mol. The maximum Gasteiger partial charge on any atom is 0.145 e. The number of nitrogens with zero attached hydrogens (tertiary/aromatic N) is 2. The molecule has 0 atom stereocenters. The van der Waals surface area contributed by atoms with Gasteiger partial charge in [-0.2, -0.15) is 0 Å². The molecule has 2 aromatic carbocycles. The largest absolute Gasteiger partial charge is 0.494 e. The van der Waals surface area contributed by atoms with Gasteiger partial charge in [0.1, 0.15) is 17.4 Å². The van der Waals surface area contributed by atoms with Crippen LogP contribution in [-0.4, -0.2) is 22.5 Å². The van der Waals surface area contributed by atoms with Crippen LogP contribution < -0.4 is 4.74 Å². The van der Waals surface area contributed by atoms with Crippen molar-refractivity contribution in [3.63, 3.8) is 0 Å². The molecule has 0 aliphatic heterocycles. The molecule has 1 heterocycles. The molecule has 108 valence electrons. The fourth-order valence-electron chi connectivity index (χ4n) is 2.43. The van der Waals surface area contributed by atoms with E-state index >= 15 is 0 Å². The van der Waals surface area contributed by atoms with Crippen LogP contribution in [0.3, 0.4) is 0 Å². The maximum absolute atomic E-state index is 13.4. The Hall–Kier alpha value is -2.07. The van der Waals surface area contributed by atoms with E-state index in [0.717, 1.165) is 22.5 Å². The average Bonchev–Trinajstić information content (AvgIpc) is 2.85. The number of methoxy groups -OCH3 is 1. The molecule has 3 rings (SSSR count). The van der Waals surface area contributed by atoms with E-state index in [-0.39, 0.29) is 5.82 Å². The lowest BCUT2D eigenvalue weighted by Crippen LogP contribution is -2.04. The molecule has 0 unspecified atom stereocenters. The number of rotatable bonds is 4. The Bertz CT molecular complexity index is 785. The summed E-state index contributed by atoms with van der Waals surface area (Å²) in [5.74, 6) is 1.43. The number of aromatic nitrogens is 2. The second kappa shape index (κ2) is 5.74. The van der Waals surface area contributed by atoms with Gasteiger partial charge in [-0.15, -0.1) is 11.6 Å². The Labute approximate surface area is 126 Å². The van der Waals surface area contributed by atoms with Crippen molar-refractivity contribution in [3.8, 4) is 11.4 Å². The van der Waals surface area contributed by atoms with Crippen molar-refractivity contribution in [2.45, 2.75) is 6.42 Å². The molecule has 3 nitrogen and oxygen atoms in total. The molecular formula is C16H14ClFN2O. The summed E-state index contributed by atoms with van der Waals surface area (Å²) in [6, 6.07) is 12.3. The molecule has 0 saturated heterocycles. The van der Waals surface area contributed by atoms with Crippen molar-refractivity contribution in [3.05, 3.63) is 54.1 Å². The minimum Gasteiger partial charge on any atom is -0.494 e. The first-order valence-corrected chi connectivity index (χ1v) is 7.14. The first-order chi connectivity index (χ1) is 10.2. The van der Waals surface area contributed by atoms with E-state index in [0.29, 0.717) is 18.1 Å². The van der Waals surface area contributed by atoms with Crippen LogP contribution in [0.25, 0.3) is 16.7 Å². The van der Waals surface area contributed by atoms with Gasteiger partial charge in [-0.1, -0.05) is 12.1 Å². The summed E-state index contributed by atoms with van der Waals surface area (Å²) in [6.07, 6.45) is 0.622. The Kier molecular flexibility index (Phi) is 3.80. The number of hydrogen-bond acceptors (Lipinski definition) is 2. The lowest BCUT2D eigenvalue weighted by Gasteiger charge is -2.13. The summed E-state index contributed by atoms with van der Waals surface area (Å²) in [7, 11) is 1.53. The van der Waals surface area contributed by atoms with Crippen LogP contribution in [0.2, 0.25) is 0 Å². The quantitative estimate of drug-likeness (QED) is 0.682. The predicted molar refractivity (Wildman–Crippen MR) is 82.0 cm³/mol. The number of hydrogen-bond donors (Lipinski definition) is 0. The zero-order valence-corrected chi connectivity index (χ0v) is 12.3. The standard InChI is InChI=1S/C16H14ClFN2O/c1-21-15-10-11(18)6-7-14(15)20-13-5-3-2-4-12(13)19-16(20)8-9-17/h2-7,10H,8-9H2,1H3. The van der Waals surface area contributed by atoms with Crippen LogP contribution in [0.15, 0.2) is 42.5 Å². The van der Waals surface area contributed by atoms with Crippen LogP contribution in [0.1, 0.15) is 5.82 Å². The molecule has 21 heavy (non-hydrogen) atoms. The van der Waals surface area contributed by atoms with E-state index < -0.39 is 0 Å². The highest BCUT2D eigenvalue weighted by Crippen LogP contribution is 2.29. The summed E-state index contributed by atoms with van der Waals surface area (Å²) >= 11 is 5.88. The van der Waals surface area contributed by atoms with Crippen molar-refractivity contribution >= 4 is 22.6 Å². The van der Waals surface area contributed by atoms with Crippen LogP contribution in [-0.2, 0) is 6.42 Å². The summed E-state index contributed by atoms with van der Waals surface area (Å²) in [5.41, 5.74) is 2.58. The SMILES string of the molecule is COc1cc(F)ccc1-n1c(CCCl)nc2ccccc21. The van der Waals surface area contributed by atoms with E-state index in [1.807, 2.05) is 28.8 Å². The highest BCUT2D eigenvalue weighted by molar-refractivity contribution is 6.17. The minimum atomic E-state index is -0.334. The molecule has 3 aromatic rings. The van der Waals surface area contributed by atoms with Crippen molar-refractivity contribution < 1.29 is 9.13 Å². The number of benzene rings is 2. The lowest BCUT2D eigenvalue weighted by molar-refractivity contribution is 0.409. The van der Waals surface area contributed by atoms with Crippen molar-refractivity contribution in [2.75, 3.05) is 13.0 Å². The van der Waals surface area contributed by atoms with Crippen molar-refractivity contribution in [2.24, 2.45) is 0 Å². The lowest BCUT2D eigenvalue weighted by atomic mass is 10.2. The third-order valence-electron chi connectivity index (χ3n) is 3.33. The van der Waals surface area contributed by atoms with Gasteiger partial charge in [0.25, 0.3) is 0 Å². The number of imidazole rings is 1. The predicted octanol–water partition coefficient (Wildman–Crippen LogP) is 3.95. The van der Waals surface area contributed by atoms with Gasteiger partial charge in [-0.05, 0) is 24.3 Å². The van der Waals surface area contributed by atoms with Gasteiger partial charge >= 0.3 is 0 Å². The molecule has 0 N–H and O–H groups in total. The van der Waals surface area contributed by atoms with Crippen molar-refractivity contribution in [1.82, 2.24) is 9.55 Å². The fraction of sp³-hybridized carbons (Fsp3) is 0.188. The van der Waals surface area contributed by atoms with Gasteiger partial charge < -0.3 is 4.74 Å². The monoisotopic (exact) mass is 304 g/mol. The number of halogens is 2. The molecule has 1 aromatic heterocycles. The summed E-state index contributed by atoms with van der Waals surface area (Å²) in [5, 5.41) is 0. The first kappa shape index (κ1) is 13.9. The third kappa shape index (κ3) is 2.47. The Balaban J connectivity index is 2.30. The van der Waals surface area contributed by atoms with Gasteiger partial charge in [0.15, 0.2) is 0 Å². The highest BCUT2D eigenvalue weighted by Gasteiger charge is 2.15. The van der Waals surface area contributed by atoms with E-state index in [2.05, 4.69) is 4.98 Å². The molecule has 0 saturated carbocycles. The smallest absolute Gasteiger partial charge is 0.145 e. The minimum absolute atomic E-state index is 0.334. The fourth-order valence-corrected chi connectivity index (χ4v) is 2.60. The molecule has 0 aliphatic rings. The zero-order valence-electron chi connectivity index (χ0n) is 11.5. The number of aryl methyl sites for hydroxylation is 1. The molecular weight excluding hydrogens is 291 g/mol. The van der Waals surface area contributed by atoms with Crippen molar-refractivity contribution in [1.29, 1.82) is 0 Å². The zero-order chi connectivity index (χ0) is 14.8. The summed E-state index contributed by atoms with van der Waals surface area (Å²) in [6.45, 7) is 0. The van der Waals surface area contributed by atoms with Crippen LogP contribution in [0.4, 0.5) is 4.39 Å². The number of fused-ring (bicyclic) bond motifs is 1. The molecule has 0 spiro atoms. The van der Waals surface area contributed by atoms with Gasteiger partial charge in [0.05, 0.1) is 23.8 Å². The molecule has 0 radical (unpaired) electrons. The second-order valence-electron chi connectivity index (χ2n) is 4.61. The van der Waals surface area contributed by atoms with E-state index in [9.17, 15) is 4.39 Å². The normalized spacial score (nSPS) is 11.0. The van der Waals surface area contributed by atoms with Gasteiger partial charge in [-0.3, -0.25) is 4.57 Å². The van der Waals surface area contributed by atoms with E-state index in [4.69, 9.17) is 16.3 Å². The molecule has 0 amide bonds. The molecule has 0 bridgehead atoms. The van der Waals surface area contributed by atoms with Gasteiger partial charge in [0.2, 0.25) is 0 Å². The van der Waals surface area contributed by atoms with E-state index in [1.165, 1.54) is 19.2 Å². The highest BCUT2D eigenvalue weighted by atomic mass is 35.5. The second-order valence-corrected chi connectivity index (χ2v) is 4.99. The summed E-state index contributed by atoms with van der Waals surface area (Å²) in [4.78, 5) is 4.61. The van der Waals surface area contributed by atoms with Gasteiger partial charge in [-0.25, -0.2) is 9.37 Å². The Morgan fingerprint density at radius 2 is 2.05 bits per heavy atom. The molecule has 0 fully saturated rings. The van der Waals surface area contributed by atoms with E-state index in [1.54, 1.807) is 6.07 Å². The summed E-state index contributed by atoms with van der Waals surface area (Å²) < 4.78 is 20.7. The third-order valence-corrected chi connectivity index (χ3v) is 3.52. The molecule has 5 heteroatoms. The number of ether oxygens (including phenoxy) is 1. The topological polar surface area (TPSA) is 27.1 Å². The van der Waals surface area contributed by atoms with Gasteiger partial charge in [0, 0.05) is 18.4 Å². The maximum atomic E-state index is 13.4. The Morgan fingerprint density at radius 1 is 1.24 bits per heavy atom. The van der Waals surface area contributed by atoms with Crippen LogP contribution in [0, 0.1) is 5.82 Å². The first-order valence-electron chi connectivity index (χ1n) is 6.61. The number of para-hydroxylation sites is 2. The van der Waals surface area contributed by atoms with Crippen LogP contribution in [0.5, 0.6) is 5.75 Å². The van der Waals surface area contributed by atoms with Crippen LogP contribution >= 0.6 is 11.6 Å². The Morgan fingerprint density at radius 3 is 2.81 bits per heavy atom. The number of alkyl halides is 1.